The molecular weight excluding hydrogens is 600 g/mol. The smallest absolute Gasteiger partial charge is 0.338 e. The summed E-state index contributed by atoms with van der Waals surface area (Å²) in [7, 11) is 0. The number of rotatable bonds is 11. The molecule has 1 atom stereocenters. The molecule has 0 spiro atoms. The summed E-state index contributed by atoms with van der Waals surface area (Å²) < 4.78 is 24.9. The lowest BCUT2D eigenvalue weighted by Crippen LogP contribution is -2.39. The Hall–Kier alpha value is -4.34. The zero-order valence-electron chi connectivity index (χ0n) is 25.0. The van der Waals surface area contributed by atoms with E-state index < -0.39 is 12.0 Å². The van der Waals surface area contributed by atoms with Gasteiger partial charge in [0.1, 0.15) is 12.4 Å². The van der Waals surface area contributed by atoms with Crippen molar-refractivity contribution >= 4 is 35.0 Å². The van der Waals surface area contributed by atoms with Crippen LogP contribution in [0.5, 0.6) is 17.2 Å². The Balaban J connectivity index is 1.55. The molecule has 5 rings (SSSR count). The fourth-order valence-electron chi connectivity index (χ4n) is 4.94. The molecule has 10 heteroatoms. The van der Waals surface area contributed by atoms with Gasteiger partial charge in [0.05, 0.1) is 41.7 Å². The van der Waals surface area contributed by atoms with Gasteiger partial charge >= 0.3 is 5.97 Å². The molecule has 1 unspecified atom stereocenters. The Kier molecular flexibility index (Phi) is 9.87. The number of halogens is 1. The zero-order chi connectivity index (χ0) is 31.2. The van der Waals surface area contributed by atoms with Gasteiger partial charge in [-0.05, 0) is 75.2 Å². The van der Waals surface area contributed by atoms with Gasteiger partial charge in [0, 0.05) is 10.6 Å². The molecule has 0 amide bonds. The van der Waals surface area contributed by atoms with Crippen LogP contribution in [-0.2, 0) is 16.1 Å². The van der Waals surface area contributed by atoms with Crippen LogP contribution in [0.15, 0.2) is 87.8 Å². The van der Waals surface area contributed by atoms with Crippen LogP contribution in [-0.4, -0.2) is 30.4 Å². The summed E-state index contributed by atoms with van der Waals surface area (Å²) in [5.41, 5.74) is 2.93. The number of aromatic nitrogens is 1. The zero-order valence-corrected chi connectivity index (χ0v) is 26.5. The number of ether oxygens (including phenoxy) is 4. The van der Waals surface area contributed by atoms with E-state index >= 15 is 0 Å². The second kappa shape index (κ2) is 14.0. The number of esters is 1. The number of carbonyl (C=O) groups excluding carboxylic acids is 1. The molecule has 0 aliphatic carbocycles. The van der Waals surface area contributed by atoms with E-state index in [2.05, 4.69) is 4.99 Å². The van der Waals surface area contributed by atoms with E-state index in [0.717, 1.165) is 16.7 Å². The Morgan fingerprint density at radius 1 is 0.955 bits per heavy atom. The third-order valence-electron chi connectivity index (χ3n) is 6.93. The molecule has 3 aromatic carbocycles. The largest absolute Gasteiger partial charge is 0.494 e. The van der Waals surface area contributed by atoms with E-state index in [1.165, 1.54) is 11.3 Å². The highest BCUT2D eigenvalue weighted by Crippen LogP contribution is 2.32. The summed E-state index contributed by atoms with van der Waals surface area (Å²) in [5.74, 6) is 1.31. The van der Waals surface area contributed by atoms with E-state index in [1.54, 1.807) is 24.5 Å². The van der Waals surface area contributed by atoms with Crippen LogP contribution < -0.4 is 29.1 Å². The summed E-state index contributed by atoms with van der Waals surface area (Å²) in [6.07, 6.45) is 1.79. The van der Waals surface area contributed by atoms with Crippen LogP contribution in [0.25, 0.3) is 6.08 Å². The summed E-state index contributed by atoms with van der Waals surface area (Å²) in [6.45, 7) is 8.77. The predicted molar refractivity (Wildman–Crippen MR) is 171 cm³/mol. The first kappa shape index (κ1) is 31.1. The number of carbonyl (C=O) groups is 1. The lowest BCUT2D eigenvalue weighted by Gasteiger charge is -2.24. The lowest BCUT2D eigenvalue weighted by molar-refractivity contribution is -0.139. The molecule has 0 N–H and O–H groups in total. The van der Waals surface area contributed by atoms with Crippen LogP contribution in [0.3, 0.4) is 0 Å². The number of nitrogens with zero attached hydrogens (tertiary/aromatic N) is 2. The second-order valence-electron chi connectivity index (χ2n) is 9.82. The first-order chi connectivity index (χ1) is 21.3. The number of thiazole rings is 1. The van der Waals surface area contributed by atoms with Crippen LogP contribution in [0.1, 0.15) is 50.4 Å². The van der Waals surface area contributed by atoms with Gasteiger partial charge in [-0.25, -0.2) is 9.79 Å². The lowest BCUT2D eigenvalue weighted by atomic mass is 9.96. The molecule has 228 valence electrons. The monoisotopic (exact) mass is 632 g/mol. The van der Waals surface area contributed by atoms with Crippen LogP contribution in [0.4, 0.5) is 0 Å². The fourth-order valence-corrected chi connectivity index (χ4v) is 6.18. The third-order valence-corrected chi connectivity index (χ3v) is 8.28. The maximum Gasteiger partial charge on any atom is 0.338 e. The first-order valence-corrected chi connectivity index (χ1v) is 15.6. The van der Waals surface area contributed by atoms with Gasteiger partial charge in [-0.15, -0.1) is 0 Å². The van der Waals surface area contributed by atoms with Crippen molar-refractivity contribution in [1.82, 2.24) is 4.57 Å². The number of allylic oxidation sites excluding steroid dienone is 1. The van der Waals surface area contributed by atoms with Crippen molar-refractivity contribution in [2.24, 2.45) is 4.99 Å². The molecule has 0 radical (unpaired) electrons. The number of hydrogen-bond acceptors (Lipinski definition) is 8. The quantitative estimate of drug-likeness (QED) is 0.193. The van der Waals surface area contributed by atoms with Crippen molar-refractivity contribution in [3.05, 3.63) is 119 Å². The van der Waals surface area contributed by atoms with E-state index in [-0.39, 0.29) is 18.8 Å². The van der Waals surface area contributed by atoms with Crippen molar-refractivity contribution in [3.63, 3.8) is 0 Å². The van der Waals surface area contributed by atoms with E-state index in [9.17, 15) is 9.59 Å². The first-order valence-electron chi connectivity index (χ1n) is 14.4. The highest BCUT2D eigenvalue weighted by Gasteiger charge is 2.33. The van der Waals surface area contributed by atoms with Gasteiger partial charge in [0.2, 0.25) is 0 Å². The minimum atomic E-state index is -0.706. The summed E-state index contributed by atoms with van der Waals surface area (Å²) in [6, 6.07) is 19.7. The Labute approximate surface area is 264 Å². The van der Waals surface area contributed by atoms with Gasteiger partial charge in [-0.3, -0.25) is 9.36 Å². The molecule has 1 aromatic heterocycles. The molecule has 8 nitrogen and oxygen atoms in total. The topological polar surface area (TPSA) is 88.4 Å². The normalized spacial score (nSPS) is 14.6. The minimum Gasteiger partial charge on any atom is -0.494 e. The molecule has 1 aliphatic rings. The van der Waals surface area contributed by atoms with Crippen molar-refractivity contribution in [1.29, 1.82) is 0 Å². The van der Waals surface area contributed by atoms with E-state index in [1.807, 2.05) is 80.6 Å². The Bertz CT molecular complexity index is 1880. The molecule has 0 saturated heterocycles. The Morgan fingerprint density at radius 3 is 2.41 bits per heavy atom. The molecule has 4 aromatic rings. The summed E-state index contributed by atoms with van der Waals surface area (Å²) >= 11 is 7.56. The number of hydrogen-bond donors (Lipinski definition) is 0. The van der Waals surface area contributed by atoms with Crippen LogP contribution in [0.2, 0.25) is 5.02 Å². The summed E-state index contributed by atoms with van der Waals surface area (Å²) in [5, 5.41) is 0.627. The maximum absolute atomic E-state index is 14.0. The minimum absolute atomic E-state index is 0.205. The second-order valence-corrected chi connectivity index (χ2v) is 11.2. The van der Waals surface area contributed by atoms with Gasteiger partial charge in [0.15, 0.2) is 16.3 Å². The molecule has 0 bridgehead atoms. The highest BCUT2D eigenvalue weighted by atomic mass is 35.5. The molecule has 0 saturated carbocycles. The molecule has 44 heavy (non-hydrogen) atoms. The highest BCUT2D eigenvalue weighted by molar-refractivity contribution is 7.07. The van der Waals surface area contributed by atoms with Crippen molar-refractivity contribution in [2.75, 3.05) is 19.8 Å². The third kappa shape index (κ3) is 6.59. The van der Waals surface area contributed by atoms with Gasteiger partial charge < -0.3 is 18.9 Å². The Morgan fingerprint density at radius 2 is 1.70 bits per heavy atom. The molecule has 2 heterocycles. The molecule has 0 fully saturated rings. The van der Waals surface area contributed by atoms with Crippen molar-refractivity contribution in [2.45, 2.75) is 40.3 Å². The fraction of sp³-hybridized carbons (Fsp3) is 0.265. The van der Waals surface area contributed by atoms with E-state index in [4.69, 9.17) is 30.5 Å². The van der Waals surface area contributed by atoms with Crippen molar-refractivity contribution in [3.8, 4) is 17.2 Å². The van der Waals surface area contributed by atoms with Gasteiger partial charge in [0.25, 0.3) is 5.56 Å². The number of fused-ring (bicyclic) bond motifs is 1. The average molecular weight is 633 g/mol. The predicted octanol–water partition coefficient (Wildman–Crippen LogP) is 5.83. The van der Waals surface area contributed by atoms with Crippen LogP contribution >= 0.6 is 22.9 Å². The van der Waals surface area contributed by atoms with Crippen molar-refractivity contribution < 1.29 is 23.7 Å². The summed E-state index contributed by atoms with van der Waals surface area (Å²) in [4.78, 5) is 32.3. The molecular formula is C34H33ClN2O6S. The standard InChI is InChI=1S/C34H33ClN2O6S/c1-5-40-25-15-13-23(14-16-25)31-30(33(39)42-7-3)21(4)36-34-37(31)32(38)29(44-34)19-22-12-17-27(28(18-22)41-6-2)43-20-24-10-8-9-11-26(24)35/h8-19,31H,5-7,20H2,1-4H3. The molecule has 1 aliphatic heterocycles. The van der Waals surface area contributed by atoms with Gasteiger partial charge in [-0.1, -0.05) is 59.3 Å². The van der Waals surface area contributed by atoms with Gasteiger partial charge in [-0.2, -0.15) is 0 Å². The number of benzene rings is 3. The SMILES string of the molecule is CCOC(=O)C1=C(C)N=c2sc(=Cc3ccc(OCc4ccccc4Cl)c(OCC)c3)c(=O)n2C1c1ccc(OCC)cc1. The van der Waals surface area contributed by atoms with E-state index in [0.29, 0.717) is 56.1 Å². The van der Waals surface area contributed by atoms with Crippen LogP contribution in [0, 0.1) is 0 Å². The maximum atomic E-state index is 14.0. The average Bonchev–Trinajstić information content (AvgIpc) is 3.31.